The molecule has 0 saturated carbocycles. The van der Waals surface area contributed by atoms with E-state index in [9.17, 15) is 4.79 Å². The van der Waals surface area contributed by atoms with Crippen LogP contribution in [0.3, 0.4) is 0 Å². The van der Waals surface area contributed by atoms with Crippen LogP contribution in [-0.4, -0.2) is 30.2 Å². The molecule has 1 N–H and O–H groups in total. The third-order valence-electron chi connectivity index (χ3n) is 5.94. The number of aromatic nitrogens is 6. The molecule has 172 valence electrons. The van der Waals surface area contributed by atoms with Crippen LogP contribution in [0, 0.1) is 0 Å². The number of aryl methyl sites for hydroxylation is 1. The molecule has 3 aromatic heterocycles. The van der Waals surface area contributed by atoms with Gasteiger partial charge in [0.2, 0.25) is 5.82 Å². The summed E-state index contributed by atoms with van der Waals surface area (Å²) in [4.78, 5) is 18.3. The van der Waals surface area contributed by atoms with E-state index in [-0.39, 0.29) is 11.5 Å². The van der Waals surface area contributed by atoms with Crippen molar-refractivity contribution in [2.45, 2.75) is 46.1 Å². The molecule has 0 aliphatic heterocycles. The molecule has 0 spiro atoms. The summed E-state index contributed by atoms with van der Waals surface area (Å²) in [5, 5.41) is 15.0. The largest absolute Gasteiger partial charge is 0.466 e. The predicted molar refractivity (Wildman–Crippen MR) is 131 cm³/mol. The van der Waals surface area contributed by atoms with E-state index in [4.69, 9.17) is 9.40 Å². The fourth-order valence-corrected chi connectivity index (χ4v) is 4.29. The molecule has 2 aromatic carbocycles. The molecule has 8 nitrogen and oxygen atoms in total. The zero-order chi connectivity index (χ0) is 23.7. The van der Waals surface area contributed by atoms with Crippen LogP contribution >= 0.6 is 0 Å². The maximum atomic E-state index is 13.5. The minimum absolute atomic E-state index is 0.0440. The number of fused-ring (bicyclic) bond motifs is 1. The lowest BCUT2D eigenvalue weighted by Gasteiger charge is -2.13. The first-order chi connectivity index (χ1) is 16.6. The fourth-order valence-electron chi connectivity index (χ4n) is 4.29. The van der Waals surface area contributed by atoms with Gasteiger partial charge in [-0.3, -0.25) is 9.36 Å². The topological polar surface area (TPSA) is 102 Å². The number of nitrogens with zero attached hydrogens (tertiary/aromatic N) is 5. The summed E-state index contributed by atoms with van der Waals surface area (Å²) in [6.07, 6.45) is 3.23. The maximum Gasteiger partial charge on any atom is 0.265 e. The van der Waals surface area contributed by atoms with E-state index in [1.54, 1.807) is 10.8 Å². The van der Waals surface area contributed by atoms with E-state index in [0.29, 0.717) is 29.0 Å². The summed E-state index contributed by atoms with van der Waals surface area (Å²) in [5.74, 6) is 2.13. The Morgan fingerprint density at radius 2 is 1.82 bits per heavy atom. The molecule has 0 saturated heterocycles. The van der Waals surface area contributed by atoms with Crippen LogP contribution in [-0.2, 0) is 13.0 Å². The Morgan fingerprint density at radius 1 is 1.06 bits per heavy atom. The highest BCUT2D eigenvalue weighted by atomic mass is 16.3. The van der Waals surface area contributed by atoms with Crippen molar-refractivity contribution in [1.82, 2.24) is 30.2 Å². The van der Waals surface area contributed by atoms with Gasteiger partial charge in [-0.05, 0) is 28.3 Å². The summed E-state index contributed by atoms with van der Waals surface area (Å²) in [5.41, 5.74) is 4.58. The Hall–Kier alpha value is -4.07. The molecule has 34 heavy (non-hydrogen) atoms. The van der Waals surface area contributed by atoms with Crippen molar-refractivity contribution < 1.29 is 4.42 Å². The molecule has 0 radical (unpaired) electrons. The van der Waals surface area contributed by atoms with Gasteiger partial charge in [0.05, 0.1) is 6.54 Å². The molecule has 0 aliphatic rings. The van der Waals surface area contributed by atoms with Crippen molar-refractivity contribution in [3.05, 3.63) is 82.3 Å². The molecular weight excluding hydrogens is 428 g/mol. The van der Waals surface area contributed by atoms with Crippen LogP contribution in [0.4, 0.5) is 0 Å². The first-order valence-corrected chi connectivity index (χ1v) is 11.5. The van der Waals surface area contributed by atoms with Crippen LogP contribution in [0.15, 0.2) is 64.0 Å². The zero-order valence-corrected chi connectivity index (χ0v) is 19.4. The molecule has 5 rings (SSSR count). The Morgan fingerprint density at radius 3 is 2.50 bits per heavy atom. The van der Waals surface area contributed by atoms with Crippen molar-refractivity contribution in [2.24, 2.45) is 0 Å². The highest BCUT2D eigenvalue weighted by Gasteiger charge is 2.19. The summed E-state index contributed by atoms with van der Waals surface area (Å²) < 4.78 is 7.50. The standard InChI is InChI=1S/C26H26N6O2/c1-4-7-22-27-21-15-34-24(16(2)3)23(21)26(33)32(22)14-17-10-12-18(13-11-17)19-8-5-6-9-20(19)25-28-30-31-29-25/h5-6,8-13,15-16H,4,7,14H2,1-3H3,(H,28,29,30,31). The summed E-state index contributed by atoms with van der Waals surface area (Å²) in [6.45, 7) is 6.58. The van der Waals surface area contributed by atoms with Gasteiger partial charge in [0.15, 0.2) is 0 Å². The van der Waals surface area contributed by atoms with Crippen molar-refractivity contribution in [2.75, 3.05) is 0 Å². The van der Waals surface area contributed by atoms with Gasteiger partial charge in [-0.25, -0.2) is 4.98 Å². The molecule has 5 aromatic rings. The smallest absolute Gasteiger partial charge is 0.265 e. The number of furan rings is 1. The number of benzene rings is 2. The zero-order valence-electron chi connectivity index (χ0n) is 19.4. The number of tetrazole rings is 1. The van der Waals surface area contributed by atoms with E-state index in [1.807, 2.05) is 50.2 Å². The fraction of sp³-hybridized carbons (Fsp3) is 0.269. The van der Waals surface area contributed by atoms with Crippen LogP contribution in [0.2, 0.25) is 0 Å². The molecule has 8 heteroatoms. The monoisotopic (exact) mass is 454 g/mol. The van der Waals surface area contributed by atoms with Gasteiger partial charge in [0, 0.05) is 17.9 Å². The molecule has 0 amide bonds. The SMILES string of the molecule is CCCc1nc2coc(C(C)C)c2c(=O)n1Cc1ccc(-c2ccccc2-c2nn[nH]n2)cc1. The number of nitrogens with one attached hydrogen (secondary N) is 1. The summed E-state index contributed by atoms with van der Waals surface area (Å²) in [7, 11) is 0. The number of H-pyrrole nitrogens is 1. The lowest BCUT2D eigenvalue weighted by atomic mass is 9.98. The summed E-state index contributed by atoms with van der Waals surface area (Å²) >= 11 is 0. The minimum atomic E-state index is -0.0440. The lowest BCUT2D eigenvalue weighted by Crippen LogP contribution is -2.26. The van der Waals surface area contributed by atoms with Gasteiger partial charge in [-0.2, -0.15) is 5.21 Å². The van der Waals surface area contributed by atoms with Gasteiger partial charge in [0.1, 0.15) is 28.8 Å². The Balaban J connectivity index is 1.52. The van der Waals surface area contributed by atoms with Crippen molar-refractivity contribution in [3.8, 4) is 22.5 Å². The molecule has 3 heterocycles. The normalized spacial score (nSPS) is 11.5. The second-order valence-corrected chi connectivity index (χ2v) is 8.66. The molecule has 0 unspecified atom stereocenters. The Bertz CT molecular complexity index is 1480. The quantitative estimate of drug-likeness (QED) is 0.373. The molecule has 0 fully saturated rings. The number of hydrogen-bond acceptors (Lipinski definition) is 6. The van der Waals surface area contributed by atoms with Gasteiger partial charge >= 0.3 is 0 Å². The number of hydrogen-bond donors (Lipinski definition) is 1. The number of rotatable bonds is 7. The van der Waals surface area contributed by atoms with Crippen molar-refractivity contribution in [1.29, 1.82) is 0 Å². The van der Waals surface area contributed by atoms with Crippen LogP contribution in [0.25, 0.3) is 33.4 Å². The second kappa shape index (κ2) is 9.05. The minimum Gasteiger partial charge on any atom is -0.466 e. The third-order valence-corrected chi connectivity index (χ3v) is 5.94. The third kappa shape index (κ3) is 3.91. The van der Waals surface area contributed by atoms with Crippen LogP contribution < -0.4 is 5.56 Å². The second-order valence-electron chi connectivity index (χ2n) is 8.66. The maximum absolute atomic E-state index is 13.5. The lowest BCUT2D eigenvalue weighted by molar-refractivity contribution is 0.492. The Labute approximate surface area is 196 Å². The first-order valence-electron chi connectivity index (χ1n) is 11.5. The van der Waals surface area contributed by atoms with Gasteiger partial charge in [-0.15, -0.1) is 10.2 Å². The van der Waals surface area contributed by atoms with Crippen LogP contribution in [0.5, 0.6) is 0 Å². The average molecular weight is 455 g/mol. The average Bonchev–Trinajstić information content (AvgIpc) is 3.53. The van der Waals surface area contributed by atoms with Gasteiger partial charge in [0.25, 0.3) is 5.56 Å². The van der Waals surface area contributed by atoms with E-state index in [1.165, 1.54) is 0 Å². The van der Waals surface area contributed by atoms with E-state index >= 15 is 0 Å². The van der Waals surface area contributed by atoms with Gasteiger partial charge < -0.3 is 4.42 Å². The van der Waals surface area contributed by atoms with E-state index < -0.39 is 0 Å². The van der Waals surface area contributed by atoms with E-state index in [2.05, 4.69) is 39.7 Å². The first kappa shape index (κ1) is 21.8. The molecule has 0 atom stereocenters. The van der Waals surface area contributed by atoms with Crippen LogP contribution in [0.1, 0.15) is 50.3 Å². The number of aromatic amines is 1. The summed E-state index contributed by atoms with van der Waals surface area (Å²) in [6, 6.07) is 16.2. The molecular formula is C26H26N6O2. The highest BCUT2D eigenvalue weighted by Crippen LogP contribution is 2.30. The van der Waals surface area contributed by atoms with Crippen molar-refractivity contribution in [3.63, 3.8) is 0 Å². The highest BCUT2D eigenvalue weighted by molar-refractivity contribution is 5.81. The molecule has 0 aliphatic carbocycles. The van der Waals surface area contributed by atoms with E-state index in [0.717, 1.165) is 40.9 Å². The van der Waals surface area contributed by atoms with Crippen molar-refractivity contribution >= 4 is 10.9 Å². The Kier molecular flexibility index (Phi) is 5.79. The molecule has 0 bridgehead atoms. The predicted octanol–water partition coefficient (Wildman–Crippen LogP) is 4.96. The van der Waals surface area contributed by atoms with Gasteiger partial charge in [-0.1, -0.05) is 69.3 Å².